The number of hydrogen-bond donors (Lipinski definition) is 1. The molecule has 2 heterocycles. The normalized spacial score (nSPS) is 24.3. The molecule has 0 bridgehead atoms. The second-order valence-electron chi connectivity index (χ2n) is 5.75. The van der Waals surface area contributed by atoms with Gasteiger partial charge in [0.15, 0.2) is 5.82 Å². The van der Waals surface area contributed by atoms with Gasteiger partial charge in [0.05, 0.1) is 5.92 Å². The van der Waals surface area contributed by atoms with Crippen molar-refractivity contribution in [1.82, 2.24) is 9.97 Å². The fraction of sp³-hybridized carbons (Fsp3) is 0.667. The average Bonchev–Trinajstić information content (AvgIpc) is 2.54. The molecule has 3 rings (SSSR count). The van der Waals surface area contributed by atoms with Crippen molar-refractivity contribution >= 4 is 5.97 Å². The van der Waals surface area contributed by atoms with Crippen molar-refractivity contribution in [3.05, 3.63) is 23.3 Å². The number of aromatic nitrogens is 2. The average molecular weight is 292 g/mol. The number of rotatable bonds is 3. The summed E-state index contributed by atoms with van der Waals surface area (Å²) in [5, 5.41) is 9.13. The van der Waals surface area contributed by atoms with Crippen LogP contribution >= 0.6 is 0 Å². The lowest BCUT2D eigenvalue weighted by atomic mass is 9.86. The predicted octanol–water partition coefficient (Wildman–Crippen LogP) is 1.32. The fourth-order valence-corrected chi connectivity index (χ4v) is 3.16. The molecule has 21 heavy (non-hydrogen) atoms. The Morgan fingerprint density at radius 3 is 2.90 bits per heavy atom. The largest absolute Gasteiger partial charge is 0.481 e. The van der Waals surface area contributed by atoms with Crippen LogP contribution in [-0.2, 0) is 32.7 Å². The van der Waals surface area contributed by atoms with E-state index in [0.717, 1.165) is 24.1 Å². The molecule has 0 aromatic carbocycles. The van der Waals surface area contributed by atoms with Crippen molar-refractivity contribution in [2.75, 3.05) is 20.3 Å². The third-order valence-corrected chi connectivity index (χ3v) is 4.60. The van der Waals surface area contributed by atoms with Gasteiger partial charge in [-0.25, -0.2) is 9.97 Å². The van der Waals surface area contributed by atoms with Crippen LogP contribution < -0.4 is 0 Å². The van der Waals surface area contributed by atoms with E-state index in [-0.39, 0.29) is 5.92 Å². The number of aliphatic carboxylic acids is 1. The summed E-state index contributed by atoms with van der Waals surface area (Å²) in [5.74, 6) is -0.338. The van der Waals surface area contributed by atoms with Gasteiger partial charge >= 0.3 is 5.97 Å². The van der Waals surface area contributed by atoms with Gasteiger partial charge < -0.3 is 14.6 Å². The molecule has 2 aliphatic rings. The molecule has 1 aliphatic heterocycles. The quantitative estimate of drug-likeness (QED) is 0.905. The molecule has 1 saturated heterocycles. The summed E-state index contributed by atoms with van der Waals surface area (Å²) < 4.78 is 11.1. The van der Waals surface area contributed by atoms with Crippen LogP contribution in [-0.4, -0.2) is 41.4 Å². The monoisotopic (exact) mass is 292 g/mol. The molecule has 114 valence electrons. The molecule has 1 aromatic rings. The smallest absolute Gasteiger partial charge is 0.306 e. The SMILES string of the molecule is COC1(c2ncc3c(n2)CCC(C(=O)O)C3)CCOCC1. The van der Waals surface area contributed by atoms with E-state index >= 15 is 0 Å². The Morgan fingerprint density at radius 2 is 2.24 bits per heavy atom. The van der Waals surface area contributed by atoms with Crippen LogP contribution in [0.25, 0.3) is 0 Å². The van der Waals surface area contributed by atoms with E-state index in [1.165, 1.54) is 0 Å². The van der Waals surface area contributed by atoms with Crippen LogP contribution in [0.5, 0.6) is 0 Å². The highest BCUT2D eigenvalue weighted by Crippen LogP contribution is 2.34. The Kier molecular flexibility index (Phi) is 3.91. The highest BCUT2D eigenvalue weighted by molar-refractivity contribution is 5.70. The molecule has 6 nitrogen and oxygen atoms in total. The van der Waals surface area contributed by atoms with Gasteiger partial charge in [-0.15, -0.1) is 0 Å². The summed E-state index contributed by atoms with van der Waals surface area (Å²) in [6.45, 7) is 1.30. The Labute approximate surface area is 123 Å². The van der Waals surface area contributed by atoms with E-state index in [9.17, 15) is 4.79 Å². The van der Waals surface area contributed by atoms with Crippen molar-refractivity contribution in [1.29, 1.82) is 0 Å². The Hall–Kier alpha value is -1.53. The minimum absolute atomic E-state index is 0.314. The third-order valence-electron chi connectivity index (χ3n) is 4.60. The third kappa shape index (κ3) is 2.65. The van der Waals surface area contributed by atoms with Gasteiger partial charge in [0.2, 0.25) is 0 Å². The van der Waals surface area contributed by atoms with Gasteiger partial charge in [-0.1, -0.05) is 0 Å². The number of methoxy groups -OCH3 is 1. The molecule has 0 spiro atoms. The van der Waals surface area contributed by atoms with Gasteiger partial charge in [0.1, 0.15) is 5.60 Å². The number of carboxylic acids is 1. The highest BCUT2D eigenvalue weighted by Gasteiger charge is 2.38. The van der Waals surface area contributed by atoms with Crippen molar-refractivity contribution in [2.45, 2.75) is 37.7 Å². The maximum Gasteiger partial charge on any atom is 0.306 e. The number of nitrogens with zero attached hydrogens (tertiary/aromatic N) is 2. The first kappa shape index (κ1) is 14.4. The first-order valence-corrected chi connectivity index (χ1v) is 7.35. The Balaban J connectivity index is 1.88. The molecule has 0 saturated carbocycles. The summed E-state index contributed by atoms with van der Waals surface area (Å²) in [4.78, 5) is 20.3. The summed E-state index contributed by atoms with van der Waals surface area (Å²) in [7, 11) is 1.69. The molecule has 1 N–H and O–H groups in total. The van der Waals surface area contributed by atoms with Crippen LogP contribution in [0.3, 0.4) is 0 Å². The number of ether oxygens (including phenoxy) is 2. The molecular formula is C15H20N2O4. The predicted molar refractivity (Wildman–Crippen MR) is 73.9 cm³/mol. The van der Waals surface area contributed by atoms with Gasteiger partial charge in [0.25, 0.3) is 0 Å². The second-order valence-corrected chi connectivity index (χ2v) is 5.75. The van der Waals surface area contributed by atoms with Crippen molar-refractivity contribution < 1.29 is 19.4 Å². The van der Waals surface area contributed by atoms with Crippen molar-refractivity contribution in [3.63, 3.8) is 0 Å². The molecular weight excluding hydrogens is 272 g/mol. The lowest BCUT2D eigenvalue weighted by Crippen LogP contribution is -2.38. The maximum absolute atomic E-state index is 11.1. The lowest BCUT2D eigenvalue weighted by Gasteiger charge is -2.35. The molecule has 0 amide bonds. The van der Waals surface area contributed by atoms with E-state index in [0.29, 0.717) is 38.3 Å². The molecule has 1 unspecified atom stereocenters. The van der Waals surface area contributed by atoms with Crippen LogP contribution in [0.15, 0.2) is 6.20 Å². The van der Waals surface area contributed by atoms with Crippen LogP contribution in [0.1, 0.15) is 36.3 Å². The first-order chi connectivity index (χ1) is 10.1. The number of hydrogen-bond acceptors (Lipinski definition) is 5. The van der Waals surface area contributed by atoms with E-state index in [1.54, 1.807) is 13.3 Å². The van der Waals surface area contributed by atoms with E-state index < -0.39 is 11.6 Å². The lowest BCUT2D eigenvalue weighted by molar-refractivity contribution is -0.142. The first-order valence-electron chi connectivity index (χ1n) is 7.35. The summed E-state index contributed by atoms with van der Waals surface area (Å²) in [5.41, 5.74) is 1.47. The van der Waals surface area contributed by atoms with Gasteiger partial charge in [-0.3, -0.25) is 4.79 Å². The van der Waals surface area contributed by atoms with E-state index in [1.807, 2.05) is 0 Å². The molecule has 0 radical (unpaired) electrons. The molecule has 1 aromatic heterocycles. The molecule has 1 atom stereocenters. The standard InChI is InChI=1S/C15H20N2O4/c1-20-15(4-6-21-7-5-15)14-16-9-11-8-10(13(18)19)2-3-12(11)17-14/h9-10H,2-8H2,1H3,(H,18,19). The zero-order valence-electron chi connectivity index (χ0n) is 12.2. The fourth-order valence-electron chi connectivity index (χ4n) is 3.16. The molecule has 1 fully saturated rings. The Morgan fingerprint density at radius 1 is 1.48 bits per heavy atom. The van der Waals surface area contributed by atoms with Gasteiger partial charge in [-0.2, -0.15) is 0 Å². The van der Waals surface area contributed by atoms with Crippen molar-refractivity contribution in [2.24, 2.45) is 5.92 Å². The number of carboxylic acid groups (broad SMARTS) is 1. The van der Waals surface area contributed by atoms with Gasteiger partial charge in [0, 0.05) is 45.1 Å². The van der Waals surface area contributed by atoms with Crippen LogP contribution in [0, 0.1) is 5.92 Å². The zero-order chi connectivity index (χ0) is 14.9. The van der Waals surface area contributed by atoms with E-state index in [2.05, 4.69) is 9.97 Å². The topological polar surface area (TPSA) is 81.5 Å². The second kappa shape index (κ2) is 5.69. The number of carbonyl (C=O) groups is 1. The summed E-state index contributed by atoms with van der Waals surface area (Å²) >= 11 is 0. The maximum atomic E-state index is 11.1. The Bertz CT molecular complexity index is 540. The van der Waals surface area contributed by atoms with Gasteiger partial charge in [-0.05, 0) is 24.8 Å². The molecule has 6 heteroatoms. The summed E-state index contributed by atoms with van der Waals surface area (Å²) in [6.07, 6.45) is 5.14. The van der Waals surface area contributed by atoms with Crippen LogP contribution in [0.4, 0.5) is 0 Å². The highest BCUT2D eigenvalue weighted by atomic mass is 16.5. The number of fused-ring (bicyclic) bond motifs is 1. The number of aryl methyl sites for hydroxylation is 1. The van der Waals surface area contributed by atoms with Crippen LogP contribution in [0.2, 0.25) is 0 Å². The molecule has 1 aliphatic carbocycles. The summed E-state index contributed by atoms with van der Waals surface area (Å²) in [6, 6.07) is 0. The van der Waals surface area contributed by atoms with Crippen molar-refractivity contribution in [3.8, 4) is 0 Å². The zero-order valence-corrected chi connectivity index (χ0v) is 12.2. The minimum Gasteiger partial charge on any atom is -0.481 e. The minimum atomic E-state index is -0.734. The van der Waals surface area contributed by atoms with E-state index in [4.69, 9.17) is 14.6 Å².